The highest BCUT2D eigenvalue weighted by Gasteiger charge is 2.23. The summed E-state index contributed by atoms with van der Waals surface area (Å²) in [6, 6.07) is 12.8. The van der Waals surface area contributed by atoms with Gasteiger partial charge in [0.2, 0.25) is 11.8 Å². The molecule has 2 amide bonds. The number of hydrogen-bond donors (Lipinski definition) is 1. The molecule has 2 aromatic rings. The summed E-state index contributed by atoms with van der Waals surface area (Å²) in [5, 5.41) is 8.95. The van der Waals surface area contributed by atoms with E-state index in [0.29, 0.717) is 24.4 Å². The van der Waals surface area contributed by atoms with E-state index >= 15 is 0 Å². The fourth-order valence-electron chi connectivity index (χ4n) is 2.46. The lowest BCUT2D eigenvalue weighted by molar-refractivity contribution is -0.136. The number of pyridine rings is 1. The molecule has 1 N–H and O–H groups in total. The summed E-state index contributed by atoms with van der Waals surface area (Å²) in [5.74, 6) is -0.439. The second-order valence-corrected chi connectivity index (χ2v) is 6.04. The zero-order chi connectivity index (χ0) is 17.6. The quantitative estimate of drug-likeness (QED) is 0.893. The number of nitrogens with zero attached hydrogens (tertiary/aromatic N) is 3. The maximum atomic E-state index is 12.1. The number of hydrogen-bond acceptors (Lipinski definition) is 4. The van der Waals surface area contributed by atoms with Gasteiger partial charge < -0.3 is 5.32 Å². The summed E-state index contributed by atoms with van der Waals surface area (Å²) < 4.78 is 0. The Bertz CT molecular complexity index is 790. The van der Waals surface area contributed by atoms with Gasteiger partial charge in [-0.3, -0.25) is 14.6 Å². The number of aromatic nitrogens is 1. The Morgan fingerprint density at radius 2 is 1.96 bits per heavy atom. The molecule has 25 heavy (non-hydrogen) atoms. The molecule has 0 saturated heterocycles. The fourth-order valence-corrected chi connectivity index (χ4v) is 2.58. The molecule has 0 spiro atoms. The predicted octanol–water partition coefficient (Wildman–Crippen LogP) is 2.38. The van der Waals surface area contributed by atoms with Crippen LogP contribution >= 0.6 is 11.6 Å². The van der Waals surface area contributed by atoms with Crippen LogP contribution in [0.1, 0.15) is 24.1 Å². The van der Waals surface area contributed by atoms with Crippen LogP contribution in [0.15, 0.2) is 53.8 Å². The summed E-state index contributed by atoms with van der Waals surface area (Å²) in [5.41, 5.74) is 2.43. The summed E-state index contributed by atoms with van der Waals surface area (Å²) in [6.45, 7) is 0.207. The molecule has 3 rings (SSSR count). The zero-order valence-electron chi connectivity index (χ0n) is 13.5. The first-order valence-electron chi connectivity index (χ1n) is 7.92. The number of amides is 2. The summed E-state index contributed by atoms with van der Waals surface area (Å²) in [7, 11) is 0. The molecular weight excluding hydrogens is 340 g/mol. The first kappa shape index (κ1) is 17.1. The van der Waals surface area contributed by atoms with Crippen LogP contribution in [-0.2, 0) is 16.1 Å². The Balaban J connectivity index is 1.63. The number of carbonyl (C=O) groups excluding carboxylic acids is 2. The van der Waals surface area contributed by atoms with Gasteiger partial charge in [0, 0.05) is 24.1 Å². The van der Waals surface area contributed by atoms with E-state index in [1.54, 1.807) is 18.3 Å². The number of halogens is 1. The highest BCUT2D eigenvalue weighted by Crippen LogP contribution is 2.17. The number of rotatable bonds is 5. The van der Waals surface area contributed by atoms with Gasteiger partial charge in [0.25, 0.3) is 0 Å². The maximum Gasteiger partial charge on any atom is 0.243 e. The van der Waals surface area contributed by atoms with Crippen molar-refractivity contribution in [3.63, 3.8) is 0 Å². The minimum absolute atomic E-state index is 0.108. The van der Waals surface area contributed by atoms with Gasteiger partial charge in [-0.1, -0.05) is 29.8 Å². The van der Waals surface area contributed by atoms with Crippen LogP contribution < -0.4 is 5.32 Å². The van der Waals surface area contributed by atoms with Gasteiger partial charge in [0.05, 0.1) is 18.0 Å². The van der Waals surface area contributed by atoms with E-state index in [4.69, 9.17) is 11.6 Å². The highest BCUT2D eigenvalue weighted by molar-refractivity contribution is 6.30. The van der Waals surface area contributed by atoms with Crippen molar-refractivity contribution in [3.8, 4) is 0 Å². The molecule has 2 heterocycles. The van der Waals surface area contributed by atoms with Crippen molar-refractivity contribution in [1.29, 1.82) is 0 Å². The van der Waals surface area contributed by atoms with Gasteiger partial charge in [-0.05, 0) is 29.8 Å². The highest BCUT2D eigenvalue weighted by atomic mass is 35.5. The van der Waals surface area contributed by atoms with E-state index in [2.05, 4.69) is 15.4 Å². The van der Waals surface area contributed by atoms with Crippen LogP contribution in [-0.4, -0.2) is 34.1 Å². The SMILES string of the molecule is O=C(CN1N=C(c2ccc(Cl)cc2)CCC1=O)NCc1ccccn1. The Morgan fingerprint density at radius 3 is 2.68 bits per heavy atom. The van der Waals surface area contributed by atoms with Crippen LogP contribution in [0.25, 0.3) is 0 Å². The lowest BCUT2D eigenvalue weighted by Gasteiger charge is -2.23. The molecule has 0 saturated carbocycles. The van der Waals surface area contributed by atoms with Gasteiger partial charge in [-0.15, -0.1) is 0 Å². The molecule has 1 aromatic carbocycles. The number of hydrazone groups is 1. The van der Waals surface area contributed by atoms with E-state index in [1.807, 2.05) is 30.3 Å². The lowest BCUT2D eigenvalue weighted by Crippen LogP contribution is -2.40. The van der Waals surface area contributed by atoms with Crippen molar-refractivity contribution in [2.45, 2.75) is 19.4 Å². The van der Waals surface area contributed by atoms with Gasteiger partial charge in [0.1, 0.15) is 6.54 Å². The summed E-state index contributed by atoms with van der Waals surface area (Å²) in [6.07, 6.45) is 2.54. The minimum atomic E-state index is -0.278. The molecule has 0 atom stereocenters. The molecule has 6 nitrogen and oxygen atoms in total. The van der Waals surface area contributed by atoms with Crippen LogP contribution in [0.5, 0.6) is 0 Å². The molecule has 7 heteroatoms. The van der Waals surface area contributed by atoms with E-state index in [9.17, 15) is 9.59 Å². The van der Waals surface area contributed by atoms with Crippen molar-refractivity contribution in [1.82, 2.24) is 15.3 Å². The Labute approximate surface area is 150 Å². The Kier molecular flexibility index (Phi) is 5.40. The summed E-state index contributed by atoms with van der Waals surface area (Å²) >= 11 is 5.89. The third-order valence-corrected chi connectivity index (χ3v) is 4.02. The minimum Gasteiger partial charge on any atom is -0.349 e. The van der Waals surface area contributed by atoms with Crippen molar-refractivity contribution in [2.75, 3.05) is 6.54 Å². The molecule has 0 aliphatic carbocycles. The second kappa shape index (κ2) is 7.90. The summed E-state index contributed by atoms with van der Waals surface area (Å²) in [4.78, 5) is 28.3. The molecule has 0 bridgehead atoms. The van der Waals surface area contributed by atoms with Crippen molar-refractivity contribution < 1.29 is 9.59 Å². The second-order valence-electron chi connectivity index (χ2n) is 5.60. The topological polar surface area (TPSA) is 74.7 Å². The molecule has 128 valence electrons. The molecule has 0 fully saturated rings. The van der Waals surface area contributed by atoms with Crippen molar-refractivity contribution in [2.24, 2.45) is 5.10 Å². The van der Waals surface area contributed by atoms with E-state index in [0.717, 1.165) is 17.0 Å². The van der Waals surface area contributed by atoms with Gasteiger partial charge >= 0.3 is 0 Å². The number of benzene rings is 1. The smallest absolute Gasteiger partial charge is 0.243 e. The predicted molar refractivity (Wildman–Crippen MR) is 95.0 cm³/mol. The molecule has 1 aliphatic heterocycles. The van der Waals surface area contributed by atoms with Crippen molar-refractivity contribution in [3.05, 3.63) is 64.9 Å². The van der Waals surface area contributed by atoms with Crippen LogP contribution in [0.3, 0.4) is 0 Å². The number of nitrogens with one attached hydrogen (secondary N) is 1. The Hall–Kier alpha value is -2.73. The van der Waals surface area contributed by atoms with Gasteiger partial charge in [0.15, 0.2) is 0 Å². The third kappa shape index (κ3) is 4.64. The van der Waals surface area contributed by atoms with Crippen LogP contribution in [0, 0.1) is 0 Å². The average Bonchev–Trinajstić information content (AvgIpc) is 2.63. The monoisotopic (exact) mass is 356 g/mol. The van der Waals surface area contributed by atoms with Crippen molar-refractivity contribution >= 4 is 29.1 Å². The van der Waals surface area contributed by atoms with E-state index in [-0.39, 0.29) is 18.4 Å². The maximum absolute atomic E-state index is 12.1. The lowest BCUT2D eigenvalue weighted by atomic mass is 10.0. The fraction of sp³-hybridized carbons (Fsp3) is 0.222. The van der Waals surface area contributed by atoms with E-state index in [1.165, 1.54) is 5.01 Å². The zero-order valence-corrected chi connectivity index (χ0v) is 14.2. The number of carbonyl (C=O) groups is 2. The molecule has 0 unspecified atom stereocenters. The first-order chi connectivity index (χ1) is 12.1. The third-order valence-electron chi connectivity index (χ3n) is 3.77. The van der Waals surface area contributed by atoms with Gasteiger partial charge in [-0.2, -0.15) is 5.10 Å². The average molecular weight is 357 g/mol. The first-order valence-corrected chi connectivity index (χ1v) is 8.30. The normalized spacial score (nSPS) is 14.2. The largest absolute Gasteiger partial charge is 0.349 e. The van der Waals surface area contributed by atoms with E-state index < -0.39 is 0 Å². The Morgan fingerprint density at radius 1 is 1.16 bits per heavy atom. The molecular formula is C18H17ClN4O2. The molecule has 0 radical (unpaired) electrons. The van der Waals surface area contributed by atoms with Crippen LogP contribution in [0.4, 0.5) is 0 Å². The molecule has 1 aliphatic rings. The molecule has 1 aromatic heterocycles. The van der Waals surface area contributed by atoms with Gasteiger partial charge in [-0.25, -0.2) is 5.01 Å². The van der Waals surface area contributed by atoms with Crippen LogP contribution in [0.2, 0.25) is 5.02 Å². The standard InChI is InChI=1S/C18H17ClN4O2/c19-14-6-4-13(5-7-14)16-8-9-18(25)23(22-16)12-17(24)21-11-15-3-1-2-10-20-15/h1-7,10H,8-9,11-12H2,(H,21,24).